The molecule has 3 aliphatic carbocycles. The summed E-state index contributed by atoms with van der Waals surface area (Å²) in [5, 5.41) is 12.2. The Morgan fingerprint density at radius 2 is 1.85 bits per heavy atom. The van der Waals surface area contributed by atoms with Crippen molar-refractivity contribution in [2.75, 3.05) is 6.61 Å². The van der Waals surface area contributed by atoms with Crippen molar-refractivity contribution in [2.45, 2.75) is 143 Å². The molecule has 0 spiro atoms. The average molecular weight is 556 g/mol. The van der Waals surface area contributed by atoms with E-state index in [1.165, 1.54) is 62.5 Å². The lowest BCUT2D eigenvalue weighted by molar-refractivity contribution is -0.143. The lowest BCUT2D eigenvalue weighted by Crippen LogP contribution is -2.44. The van der Waals surface area contributed by atoms with Gasteiger partial charge in [-0.1, -0.05) is 43.7 Å². The molecule has 4 unspecified atom stereocenters. The van der Waals surface area contributed by atoms with Crippen LogP contribution in [0.15, 0.2) is 35.5 Å². The summed E-state index contributed by atoms with van der Waals surface area (Å²) in [6, 6.07) is 0. The molecule has 0 aliphatic heterocycles. The molecule has 226 valence electrons. The maximum Gasteiger partial charge on any atom is 0.306 e. The number of fused-ring (bicyclic) bond motifs is 1. The monoisotopic (exact) mass is 555 g/mol. The van der Waals surface area contributed by atoms with E-state index in [1.807, 2.05) is 13.8 Å². The van der Waals surface area contributed by atoms with Crippen molar-refractivity contribution in [2.24, 2.45) is 23.2 Å². The van der Waals surface area contributed by atoms with Crippen LogP contribution in [0.4, 0.5) is 0 Å². The number of rotatable bonds is 13. The Morgan fingerprint density at radius 1 is 1.12 bits per heavy atom. The van der Waals surface area contributed by atoms with Crippen LogP contribution in [-0.2, 0) is 14.3 Å². The predicted octanol–water partition coefficient (Wildman–Crippen LogP) is 8.55. The molecular formula is C35H57NO4. The highest BCUT2D eigenvalue weighted by Gasteiger charge is 2.50. The molecule has 3 rings (SSSR count). The molecule has 0 radical (unpaired) electrons. The highest BCUT2D eigenvalue weighted by Crippen LogP contribution is 2.60. The van der Waals surface area contributed by atoms with Crippen LogP contribution in [0.25, 0.3) is 0 Å². The standard InChI is InChI=1S/C35H57NO4/c1-25-12-8-9-14-27(25)17-18-28-15-11-21-35(7)29(19-20-30(28)35)26(2)13-10-16-31(37)36-33(3,4)22-23-40-34(5,6)24-32(38)39/h17-18,26,29-30H,1,8-16,19-24H2,2-7H3,(H,36,37)(H,38,39). The second-order valence-corrected chi connectivity index (χ2v) is 14.6. The van der Waals surface area contributed by atoms with E-state index in [4.69, 9.17) is 9.84 Å². The van der Waals surface area contributed by atoms with Crippen molar-refractivity contribution in [3.05, 3.63) is 35.5 Å². The summed E-state index contributed by atoms with van der Waals surface area (Å²) in [6.45, 7) is 17.3. The average Bonchev–Trinajstić information content (AvgIpc) is 3.19. The minimum Gasteiger partial charge on any atom is -0.481 e. The Hall–Kier alpha value is -1.88. The summed E-state index contributed by atoms with van der Waals surface area (Å²) in [5.41, 5.74) is 3.77. The van der Waals surface area contributed by atoms with Crippen molar-refractivity contribution in [3.63, 3.8) is 0 Å². The molecule has 4 atom stereocenters. The van der Waals surface area contributed by atoms with E-state index in [2.05, 4.69) is 37.9 Å². The van der Waals surface area contributed by atoms with Gasteiger partial charge in [0.15, 0.2) is 0 Å². The van der Waals surface area contributed by atoms with Crippen LogP contribution in [0.2, 0.25) is 0 Å². The summed E-state index contributed by atoms with van der Waals surface area (Å²) in [5.74, 6) is 1.28. The normalized spacial score (nSPS) is 28.5. The summed E-state index contributed by atoms with van der Waals surface area (Å²) in [6.07, 6.45) is 19.5. The number of carbonyl (C=O) groups excluding carboxylic acids is 1. The Labute approximate surface area is 244 Å². The number of hydrogen-bond donors (Lipinski definition) is 2. The maximum atomic E-state index is 12.8. The van der Waals surface area contributed by atoms with Crippen LogP contribution >= 0.6 is 0 Å². The van der Waals surface area contributed by atoms with Gasteiger partial charge in [0.25, 0.3) is 0 Å². The van der Waals surface area contributed by atoms with E-state index in [9.17, 15) is 9.59 Å². The number of allylic oxidation sites excluding steroid dienone is 5. The predicted molar refractivity (Wildman–Crippen MR) is 164 cm³/mol. The first-order valence-corrected chi connectivity index (χ1v) is 16.0. The molecule has 1 amide bonds. The van der Waals surface area contributed by atoms with Crippen LogP contribution in [0.3, 0.4) is 0 Å². The third kappa shape index (κ3) is 9.06. The number of nitrogens with one attached hydrogen (secondary N) is 1. The molecule has 0 aromatic rings. The van der Waals surface area contributed by atoms with Gasteiger partial charge in [-0.15, -0.1) is 0 Å². The Kier molecular flexibility index (Phi) is 11.3. The molecular weight excluding hydrogens is 498 g/mol. The van der Waals surface area contributed by atoms with E-state index >= 15 is 0 Å². The number of aliphatic carboxylic acids is 1. The molecule has 0 bridgehead atoms. The second-order valence-electron chi connectivity index (χ2n) is 14.6. The van der Waals surface area contributed by atoms with Crippen LogP contribution < -0.4 is 5.32 Å². The molecule has 0 heterocycles. The number of ether oxygens (including phenoxy) is 1. The first-order valence-electron chi connectivity index (χ1n) is 16.0. The molecule has 3 fully saturated rings. The van der Waals surface area contributed by atoms with E-state index in [0.717, 1.165) is 25.2 Å². The molecule has 0 aromatic heterocycles. The largest absolute Gasteiger partial charge is 0.481 e. The fourth-order valence-corrected chi connectivity index (χ4v) is 7.90. The van der Waals surface area contributed by atoms with Gasteiger partial charge in [0, 0.05) is 18.6 Å². The van der Waals surface area contributed by atoms with Gasteiger partial charge >= 0.3 is 5.97 Å². The second kappa shape index (κ2) is 13.9. The fraction of sp³-hybridized carbons (Fsp3) is 0.771. The SMILES string of the molecule is C=C1CCCCC1=CC=C1CCCC2(C)C1CCC2C(C)CCCC(=O)NC(C)(C)CCOC(C)(C)CC(=O)O. The molecule has 0 saturated heterocycles. The Bertz CT molecular complexity index is 974. The maximum absolute atomic E-state index is 12.8. The molecule has 5 nitrogen and oxygen atoms in total. The minimum absolute atomic E-state index is 0.0372. The van der Waals surface area contributed by atoms with E-state index in [0.29, 0.717) is 36.7 Å². The van der Waals surface area contributed by atoms with Gasteiger partial charge in [-0.25, -0.2) is 0 Å². The Morgan fingerprint density at radius 3 is 2.55 bits per heavy atom. The van der Waals surface area contributed by atoms with Crippen LogP contribution in [0.1, 0.15) is 131 Å². The number of carboxylic acid groups (broad SMARTS) is 1. The number of hydrogen-bond acceptors (Lipinski definition) is 3. The lowest BCUT2D eigenvalue weighted by atomic mass is 9.60. The van der Waals surface area contributed by atoms with Crippen molar-refractivity contribution in [1.82, 2.24) is 5.32 Å². The topological polar surface area (TPSA) is 75.6 Å². The zero-order chi connectivity index (χ0) is 29.6. The minimum atomic E-state index is -0.867. The zero-order valence-corrected chi connectivity index (χ0v) is 26.4. The summed E-state index contributed by atoms with van der Waals surface area (Å²) in [4.78, 5) is 23.8. The first-order chi connectivity index (χ1) is 18.7. The van der Waals surface area contributed by atoms with E-state index < -0.39 is 17.1 Å². The highest BCUT2D eigenvalue weighted by atomic mass is 16.5. The van der Waals surface area contributed by atoms with Gasteiger partial charge in [0.05, 0.1) is 12.0 Å². The lowest BCUT2D eigenvalue weighted by Gasteiger charge is -2.44. The zero-order valence-electron chi connectivity index (χ0n) is 26.4. The van der Waals surface area contributed by atoms with Crippen LogP contribution in [-0.4, -0.2) is 34.7 Å². The summed E-state index contributed by atoms with van der Waals surface area (Å²) in [7, 11) is 0. The first kappa shape index (κ1) is 32.6. The summed E-state index contributed by atoms with van der Waals surface area (Å²) < 4.78 is 5.80. The quantitative estimate of drug-likeness (QED) is 0.239. The van der Waals surface area contributed by atoms with Crippen molar-refractivity contribution in [1.29, 1.82) is 0 Å². The third-order valence-corrected chi connectivity index (χ3v) is 10.2. The van der Waals surface area contributed by atoms with Crippen LogP contribution in [0.5, 0.6) is 0 Å². The van der Waals surface area contributed by atoms with Crippen molar-refractivity contribution in [3.8, 4) is 0 Å². The number of amides is 1. The van der Waals surface area contributed by atoms with Crippen molar-refractivity contribution < 1.29 is 19.4 Å². The van der Waals surface area contributed by atoms with Gasteiger partial charge in [-0.2, -0.15) is 0 Å². The Balaban J connectivity index is 1.46. The molecule has 3 saturated carbocycles. The highest BCUT2D eigenvalue weighted by molar-refractivity contribution is 5.76. The number of carboxylic acids is 1. The third-order valence-electron chi connectivity index (χ3n) is 10.2. The van der Waals surface area contributed by atoms with Crippen LogP contribution in [0, 0.1) is 23.2 Å². The molecule has 3 aliphatic rings. The van der Waals surface area contributed by atoms with Gasteiger partial charge in [0.2, 0.25) is 5.91 Å². The van der Waals surface area contributed by atoms with Gasteiger partial charge in [-0.05, 0) is 133 Å². The summed E-state index contributed by atoms with van der Waals surface area (Å²) >= 11 is 0. The molecule has 5 heteroatoms. The molecule has 0 aromatic carbocycles. The smallest absolute Gasteiger partial charge is 0.306 e. The fourth-order valence-electron chi connectivity index (χ4n) is 7.90. The van der Waals surface area contributed by atoms with E-state index in [-0.39, 0.29) is 12.3 Å². The molecule has 40 heavy (non-hydrogen) atoms. The van der Waals surface area contributed by atoms with Crippen molar-refractivity contribution >= 4 is 11.9 Å². The molecule has 2 N–H and O–H groups in total. The van der Waals surface area contributed by atoms with Gasteiger partial charge in [-0.3, -0.25) is 9.59 Å². The van der Waals surface area contributed by atoms with E-state index in [1.54, 1.807) is 19.4 Å². The van der Waals surface area contributed by atoms with Gasteiger partial charge in [0.1, 0.15) is 0 Å². The van der Waals surface area contributed by atoms with Gasteiger partial charge < -0.3 is 15.2 Å². The number of carbonyl (C=O) groups is 2.